The molecule has 1 aromatic carbocycles. The molecule has 2 aromatic rings. The number of hydrogen-bond acceptors (Lipinski definition) is 2. The van der Waals surface area contributed by atoms with Crippen molar-refractivity contribution in [1.82, 2.24) is 9.78 Å². The third-order valence-corrected chi connectivity index (χ3v) is 3.76. The minimum Gasteiger partial charge on any atom is -0.370 e. The number of aryl methyl sites for hydroxylation is 2. The summed E-state index contributed by atoms with van der Waals surface area (Å²) in [4.78, 5) is 4.32. The number of rotatable bonds is 4. The Labute approximate surface area is 132 Å². The summed E-state index contributed by atoms with van der Waals surface area (Å²) in [6.45, 7) is 2.60. The van der Waals surface area contributed by atoms with E-state index < -0.39 is 0 Å². The predicted molar refractivity (Wildman–Crippen MR) is 90.7 cm³/mol. The van der Waals surface area contributed by atoms with Gasteiger partial charge in [0.05, 0.1) is 15.8 Å². The number of halogens is 1. The molecule has 0 atom stereocenters. The monoisotopic (exact) mass is 383 g/mol. The first-order valence-corrected chi connectivity index (χ1v) is 7.50. The van der Waals surface area contributed by atoms with Gasteiger partial charge in [-0.1, -0.05) is 19.1 Å². The van der Waals surface area contributed by atoms with Crippen LogP contribution in [-0.2, 0) is 20.0 Å². The molecule has 0 unspecified atom stereocenters. The van der Waals surface area contributed by atoms with Gasteiger partial charge in [-0.3, -0.25) is 4.68 Å². The van der Waals surface area contributed by atoms with Crippen LogP contribution in [0.15, 0.2) is 35.5 Å². The molecule has 0 bridgehead atoms. The molecule has 1 heterocycles. The summed E-state index contributed by atoms with van der Waals surface area (Å²) in [6, 6.07) is 8.16. The van der Waals surface area contributed by atoms with E-state index in [0.29, 0.717) is 12.5 Å². The van der Waals surface area contributed by atoms with Gasteiger partial charge < -0.3 is 11.1 Å². The van der Waals surface area contributed by atoms with Crippen LogP contribution < -0.4 is 11.1 Å². The van der Waals surface area contributed by atoms with Gasteiger partial charge in [0.15, 0.2) is 5.96 Å². The molecule has 5 nitrogen and oxygen atoms in total. The smallest absolute Gasteiger partial charge is 0.193 e. The number of nitrogens with zero attached hydrogens (tertiary/aromatic N) is 3. The zero-order valence-corrected chi connectivity index (χ0v) is 13.8. The molecule has 6 heteroatoms. The summed E-state index contributed by atoms with van der Waals surface area (Å²) in [6.07, 6.45) is 2.96. The Bertz CT molecular complexity index is 618. The van der Waals surface area contributed by atoms with E-state index in [-0.39, 0.29) is 0 Å². The van der Waals surface area contributed by atoms with Crippen molar-refractivity contribution in [3.63, 3.8) is 0 Å². The molecule has 20 heavy (non-hydrogen) atoms. The van der Waals surface area contributed by atoms with Crippen LogP contribution in [0.25, 0.3) is 0 Å². The van der Waals surface area contributed by atoms with E-state index >= 15 is 0 Å². The molecule has 2 rings (SSSR count). The van der Waals surface area contributed by atoms with E-state index in [0.717, 1.165) is 21.4 Å². The second kappa shape index (κ2) is 6.74. The first-order valence-electron chi connectivity index (χ1n) is 6.42. The Kier molecular flexibility index (Phi) is 4.99. The molecular formula is C14H18IN5. The zero-order valence-electron chi connectivity index (χ0n) is 11.6. The van der Waals surface area contributed by atoms with Crippen LogP contribution in [0, 0.1) is 3.57 Å². The number of nitrogens with two attached hydrogens (primary N) is 1. The quantitative estimate of drug-likeness (QED) is 0.484. The molecule has 0 amide bonds. The lowest BCUT2D eigenvalue weighted by Gasteiger charge is -2.06. The fraction of sp³-hybridized carbons (Fsp3) is 0.286. The molecule has 0 fully saturated rings. The van der Waals surface area contributed by atoms with E-state index in [1.807, 2.05) is 25.4 Å². The van der Waals surface area contributed by atoms with Crippen molar-refractivity contribution in [2.24, 2.45) is 17.8 Å². The fourth-order valence-electron chi connectivity index (χ4n) is 1.83. The van der Waals surface area contributed by atoms with Gasteiger partial charge in [-0.15, -0.1) is 0 Å². The van der Waals surface area contributed by atoms with Crippen molar-refractivity contribution < 1.29 is 0 Å². The third kappa shape index (κ3) is 3.96. The van der Waals surface area contributed by atoms with E-state index in [2.05, 4.69) is 57.1 Å². The molecule has 0 saturated heterocycles. The summed E-state index contributed by atoms with van der Waals surface area (Å²) in [7, 11) is 1.90. The molecule has 0 saturated carbocycles. The summed E-state index contributed by atoms with van der Waals surface area (Å²) < 4.78 is 2.87. The molecule has 0 aliphatic carbocycles. The van der Waals surface area contributed by atoms with E-state index in [1.54, 1.807) is 4.68 Å². The van der Waals surface area contributed by atoms with E-state index in [9.17, 15) is 0 Å². The third-order valence-electron chi connectivity index (χ3n) is 2.86. The van der Waals surface area contributed by atoms with Crippen molar-refractivity contribution in [3.05, 3.63) is 45.3 Å². The van der Waals surface area contributed by atoms with Crippen LogP contribution in [0.5, 0.6) is 0 Å². The lowest BCUT2D eigenvalue weighted by Crippen LogP contribution is -2.22. The highest BCUT2D eigenvalue weighted by Crippen LogP contribution is 2.12. The van der Waals surface area contributed by atoms with Crippen LogP contribution >= 0.6 is 22.6 Å². The molecule has 106 valence electrons. The molecule has 0 aliphatic rings. The highest BCUT2D eigenvalue weighted by Gasteiger charge is 2.04. The second-order valence-corrected chi connectivity index (χ2v) is 5.64. The summed E-state index contributed by atoms with van der Waals surface area (Å²) in [5, 5.41) is 7.44. The fourth-order valence-corrected chi connectivity index (χ4v) is 2.51. The number of aliphatic imine (C=N–C) groups is 1. The van der Waals surface area contributed by atoms with Gasteiger partial charge in [0.2, 0.25) is 0 Å². The van der Waals surface area contributed by atoms with E-state index in [4.69, 9.17) is 5.73 Å². The molecule has 0 radical (unpaired) electrons. The van der Waals surface area contributed by atoms with Gasteiger partial charge in [0, 0.05) is 18.9 Å². The standard InChI is InChI=1S/C14H18IN5/c1-3-10-5-4-6-11(7-10)18-14(16)17-8-13-12(15)9-20(2)19-13/h4-7,9H,3,8H2,1-2H3,(H3,16,17,18). The normalized spacial score (nSPS) is 11.7. The number of nitrogens with one attached hydrogen (secondary N) is 1. The van der Waals surface area contributed by atoms with Gasteiger partial charge in [0.25, 0.3) is 0 Å². The number of benzene rings is 1. The Balaban J connectivity index is 2.02. The van der Waals surface area contributed by atoms with Gasteiger partial charge in [-0.25, -0.2) is 4.99 Å². The first-order chi connectivity index (χ1) is 9.58. The van der Waals surface area contributed by atoms with Crippen LogP contribution in [0.2, 0.25) is 0 Å². The Morgan fingerprint density at radius 1 is 1.50 bits per heavy atom. The van der Waals surface area contributed by atoms with Crippen molar-refractivity contribution >= 4 is 34.2 Å². The maximum Gasteiger partial charge on any atom is 0.193 e. The second-order valence-electron chi connectivity index (χ2n) is 4.48. The van der Waals surface area contributed by atoms with Crippen molar-refractivity contribution in [1.29, 1.82) is 0 Å². The predicted octanol–water partition coefficient (Wildman–Crippen LogP) is 2.51. The first kappa shape index (κ1) is 14.8. The van der Waals surface area contributed by atoms with Crippen LogP contribution in [0.4, 0.5) is 5.69 Å². The summed E-state index contributed by atoms with van der Waals surface area (Å²) >= 11 is 2.25. The minimum absolute atomic E-state index is 0.403. The highest BCUT2D eigenvalue weighted by atomic mass is 127. The zero-order chi connectivity index (χ0) is 14.5. The molecular weight excluding hydrogens is 365 g/mol. The van der Waals surface area contributed by atoms with Gasteiger partial charge in [-0.2, -0.15) is 5.10 Å². The maximum atomic E-state index is 5.90. The Hall–Kier alpha value is -1.57. The van der Waals surface area contributed by atoms with Crippen molar-refractivity contribution in [2.75, 3.05) is 5.32 Å². The number of guanidine groups is 1. The average Bonchev–Trinajstić information content (AvgIpc) is 2.75. The minimum atomic E-state index is 0.403. The van der Waals surface area contributed by atoms with Gasteiger partial charge in [0.1, 0.15) is 0 Å². The van der Waals surface area contributed by atoms with Gasteiger partial charge >= 0.3 is 0 Å². The number of aromatic nitrogens is 2. The van der Waals surface area contributed by atoms with Crippen LogP contribution in [0.1, 0.15) is 18.2 Å². The average molecular weight is 383 g/mol. The molecule has 0 aliphatic heterocycles. The number of hydrogen-bond donors (Lipinski definition) is 2. The topological polar surface area (TPSA) is 68.2 Å². The lowest BCUT2D eigenvalue weighted by atomic mass is 10.1. The number of anilines is 1. The summed E-state index contributed by atoms with van der Waals surface area (Å²) in [5.74, 6) is 0.403. The van der Waals surface area contributed by atoms with Crippen LogP contribution in [0.3, 0.4) is 0 Å². The van der Waals surface area contributed by atoms with Gasteiger partial charge in [-0.05, 0) is 46.7 Å². The lowest BCUT2D eigenvalue weighted by molar-refractivity contribution is 0.743. The largest absolute Gasteiger partial charge is 0.370 e. The highest BCUT2D eigenvalue weighted by molar-refractivity contribution is 14.1. The Morgan fingerprint density at radius 3 is 2.95 bits per heavy atom. The Morgan fingerprint density at radius 2 is 2.30 bits per heavy atom. The van der Waals surface area contributed by atoms with E-state index in [1.165, 1.54) is 5.56 Å². The molecule has 3 N–H and O–H groups in total. The SMILES string of the molecule is CCc1cccc(NC(N)=NCc2nn(C)cc2I)c1. The maximum absolute atomic E-state index is 5.90. The van der Waals surface area contributed by atoms with Crippen LogP contribution in [-0.4, -0.2) is 15.7 Å². The summed E-state index contributed by atoms with van der Waals surface area (Å²) in [5.41, 5.74) is 9.06. The van der Waals surface area contributed by atoms with Crippen molar-refractivity contribution in [3.8, 4) is 0 Å². The van der Waals surface area contributed by atoms with Crippen molar-refractivity contribution in [2.45, 2.75) is 19.9 Å². The molecule has 1 aromatic heterocycles. The molecule has 0 spiro atoms.